The maximum absolute atomic E-state index is 14.5. The van der Waals surface area contributed by atoms with E-state index in [1.807, 2.05) is 0 Å². The fraction of sp³-hybridized carbons (Fsp3) is 0.753. The monoisotopic (exact) mass is 1810 g/mol. The molecule has 0 unspecified atom stereocenters. The fourth-order valence-electron chi connectivity index (χ4n) is 21.4. The molecule has 13 aliphatic heterocycles. The number of aliphatic carboxylic acids is 1. The normalized spacial score (nSPS) is 26.9. The van der Waals surface area contributed by atoms with Crippen LogP contribution in [0.3, 0.4) is 0 Å². The summed E-state index contributed by atoms with van der Waals surface area (Å²) in [7, 11) is 0. The Hall–Kier alpha value is -11.2. The second-order valence-electron chi connectivity index (χ2n) is 36.0. The van der Waals surface area contributed by atoms with Crippen LogP contribution in [-0.4, -0.2) is 410 Å². The van der Waals surface area contributed by atoms with Gasteiger partial charge < -0.3 is 117 Å². The quantitative estimate of drug-likeness (QED) is 0.0272. The molecule has 0 radical (unpaired) electrons. The molecule has 13 saturated heterocycles. The van der Waals surface area contributed by atoms with Crippen LogP contribution in [0.4, 0.5) is 0 Å². The lowest BCUT2D eigenvalue weighted by Crippen LogP contribution is -2.57. The molecule has 0 bridgehead atoms. The molecule has 20 amide bonds. The third kappa shape index (κ3) is 22.1. The lowest BCUT2D eigenvalue weighted by molar-refractivity contribution is -0.148. The van der Waals surface area contributed by atoms with Gasteiger partial charge in [0.15, 0.2) is 0 Å². The molecule has 0 aromatic rings. The van der Waals surface area contributed by atoms with Crippen molar-refractivity contribution in [3.8, 4) is 0 Å². The molecule has 708 valence electrons. The van der Waals surface area contributed by atoms with Gasteiger partial charge in [-0.15, -0.1) is 0 Å². The molecule has 44 nitrogen and oxygen atoms in total. The highest BCUT2D eigenvalue weighted by molar-refractivity contribution is 6.02. The minimum atomic E-state index is -1.23. The summed E-state index contributed by atoms with van der Waals surface area (Å²) in [5.41, 5.74) is 5.78. The standard InChI is InChI=1S/C85H126N22O22/c86-30-2-1-16-51(95-79(123)59-24-4-32-96(59)65(108)45-89-73(117)53-18-5-38-102(53)80(124)52-17-3-31-87-52)72(116)88-44-66(109)97-33-11-25-60(97)81(125)103-39-6-19-54(103)74(118)90-46-67(110)98-34-12-26-61(98)82(126)104-40-7-20-55(104)75(119)91-47-68(111)99-35-13-27-62(99)83(127)105-41-8-21-56(105)76(120)92-48-69(112)100-36-14-28-63(100)84(128)106-42-9-22-57(106)77(121)93-49-70(113)101-37-15-29-64(101)85(129)107-43-10-23-58(107)78(122)94-50-71(114)115/h51-64,87H,1-50,86H2,(H,88,116)(H,89,117)(H,90,118)(H,91,119)(H,92,120)(H,93,121)(H,94,122)(H,95,123)(H,114,115)/t51-,52-,53-,54-,55-,56-,57-,58-,59-,60-,61-,62-,63-,64-/m0/s1. The first-order valence-electron chi connectivity index (χ1n) is 46.6. The summed E-state index contributed by atoms with van der Waals surface area (Å²) in [4.78, 5) is 305. The highest BCUT2D eigenvalue weighted by Crippen LogP contribution is 2.33. The highest BCUT2D eigenvalue weighted by Gasteiger charge is 2.51. The largest absolute Gasteiger partial charge is 0.480 e. The van der Waals surface area contributed by atoms with Crippen molar-refractivity contribution in [3.05, 3.63) is 0 Å². The molecule has 13 fully saturated rings. The topological polar surface area (TPSA) is 552 Å². The van der Waals surface area contributed by atoms with Crippen LogP contribution >= 0.6 is 0 Å². The molecule has 12 N–H and O–H groups in total. The number of carbonyl (C=O) groups excluding carboxylic acids is 20. The molecule has 44 heteroatoms. The Labute approximate surface area is 747 Å². The smallest absolute Gasteiger partial charge is 0.322 e. The fourth-order valence-corrected chi connectivity index (χ4v) is 21.4. The van der Waals surface area contributed by atoms with Gasteiger partial charge >= 0.3 is 5.97 Å². The molecular weight excluding hydrogens is 1680 g/mol. The Balaban J connectivity index is 0.521. The molecular formula is C85H126N22O22. The van der Waals surface area contributed by atoms with Gasteiger partial charge in [0.2, 0.25) is 118 Å². The van der Waals surface area contributed by atoms with Gasteiger partial charge in [0, 0.05) is 78.5 Å². The molecule has 14 atom stereocenters. The van der Waals surface area contributed by atoms with Gasteiger partial charge in [-0.3, -0.25) is 101 Å². The molecule has 0 spiro atoms. The van der Waals surface area contributed by atoms with Crippen LogP contribution in [0.25, 0.3) is 0 Å². The lowest BCUT2D eigenvalue weighted by Gasteiger charge is -2.32. The van der Waals surface area contributed by atoms with Crippen molar-refractivity contribution >= 4 is 124 Å². The van der Waals surface area contributed by atoms with Crippen molar-refractivity contribution < 1.29 is 106 Å². The molecule has 13 heterocycles. The minimum absolute atomic E-state index is 0.134. The number of rotatable bonds is 33. The first-order valence-corrected chi connectivity index (χ1v) is 46.6. The Bertz CT molecular complexity index is 4300. The number of amides is 20. The summed E-state index contributed by atoms with van der Waals surface area (Å²) < 4.78 is 0. The van der Waals surface area contributed by atoms with E-state index in [4.69, 9.17) is 10.8 Å². The van der Waals surface area contributed by atoms with E-state index in [9.17, 15) is 101 Å². The van der Waals surface area contributed by atoms with Gasteiger partial charge in [0.25, 0.3) is 0 Å². The Morgan fingerprint density at radius 2 is 0.488 bits per heavy atom. The maximum atomic E-state index is 14.5. The summed E-state index contributed by atoms with van der Waals surface area (Å²) in [6.07, 6.45) is 11.9. The average molecular weight is 1810 g/mol. The minimum Gasteiger partial charge on any atom is -0.480 e. The van der Waals surface area contributed by atoms with Crippen LogP contribution in [0.5, 0.6) is 0 Å². The van der Waals surface area contributed by atoms with E-state index in [2.05, 4.69) is 47.9 Å². The van der Waals surface area contributed by atoms with Crippen LogP contribution in [0, 0.1) is 0 Å². The first-order chi connectivity index (χ1) is 62.1. The Morgan fingerprint density at radius 3 is 0.736 bits per heavy atom. The average Bonchev–Trinajstić information content (AvgIpc) is 1.70. The maximum Gasteiger partial charge on any atom is 0.322 e. The summed E-state index contributed by atoms with van der Waals surface area (Å²) in [5, 5.41) is 33.3. The zero-order valence-electron chi connectivity index (χ0n) is 73.4. The van der Waals surface area contributed by atoms with E-state index in [-0.39, 0.29) is 142 Å². The van der Waals surface area contributed by atoms with E-state index < -0.39 is 243 Å². The second kappa shape index (κ2) is 43.9. The Kier molecular flexibility index (Phi) is 32.5. The molecule has 13 rings (SSSR count). The van der Waals surface area contributed by atoms with Crippen molar-refractivity contribution in [2.75, 3.05) is 137 Å². The number of unbranched alkanes of at least 4 members (excludes halogenated alkanes) is 1. The first kappa shape index (κ1) is 95.4. The van der Waals surface area contributed by atoms with Crippen molar-refractivity contribution in [1.82, 2.24) is 107 Å². The Morgan fingerprint density at radius 1 is 0.264 bits per heavy atom. The predicted molar refractivity (Wildman–Crippen MR) is 451 cm³/mol. The van der Waals surface area contributed by atoms with E-state index in [1.54, 1.807) is 4.90 Å². The molecule has 0 aromatic heterocycles. The van der Waals surface area contributed by atoms with Crippen molar-refractivity contribution in [2.24, 2.45) is 5.73 Å². The number of likely N-dealkylation sites (tertiary alicyclic amines) is 12. The van der Waals surface area contributed by atoms with Gasteiger partial charge in [-0.25, -0.2) is 0 Å². The lowest BCUT2D eigenvalue weighted by atomic mass is 10.1. The predicted octanol–water partition coefficient (Wildman–Crippen LogP) is -6.86. The van der Waals surface area contributed by atoms with Gasteiger partial charge in [-0.2, -0.15) is 0 Å². The van der Waals surface area contributed by atoms with Gasteiger partial charge in [-0.05, 0) is 199 Å². The zero-order valence-corrected chi connectivity index (χ0v) is 73.4. The van der Waals surface area contributed by atoms with Crippen LogP contribution in [0.15, 0.2) is 0 Å². The number of carboxylic acid groups (broad SMARTS) is 1. The summed E-state index contributed by atoms with van der Waals surface area (Å²) >= 11 is 0. The van der Waals surface area contributed by atoms with E-state index >= 15 is 0 Å². The van der Waals surface area contributed by atoms with Crippen LogP contribution in [0.2, 0.25) is 0 Å². The number of nitrogens with zero attached hydrogens (tertiary/aromatic N) is 12. The molecule has 0 aliphatic carbocycles. The van der Waals surface area contributed by atoms with Crippen LogP contribution < -0.4 is 53.6 Å². The number of hydrogen-bond acceptors (Lipinski definition) is 23. The summed E-state index contributed by atoms with van der Waals surface area (Å²) in [6, 6.07) is -12.7. The number of carbonyl (C=O) groups is 21. The van der Waals surface area contributed by atoms with Gasteiger partial charge in [0.1, 0.15) is 85.1 Å². The van der Waals surface area contributed by atoms with Crippen LogP contribution in [0.1, 0.15) is 186 Å². The van der Waals surface area contributed by atoms with E-state index in [0.29, 0.717) is 135 Å². The molecule has 13 aliphatic rings. The van der Waals surface area contributed by atoms with Crippen molar-refractivity contribution in [1.29, 1.82) is 0 Å². The number of nitrogens with one attached hydrogen (secondary N) is 9. The number of carboxylic acids is 1. The van der Waals surface area contributed by atoms with E-state index in [1.165, 1.54) is 53.9 Å². The summed E-state index contributed by atoms with van der Waals surface area (Å²) in [6.45, 7) is 0.140. The van der Waals surface area contributed by atoms with Crippen molar-refractivity contribution in [3.63, 3.8) is 0 Å². The van der Waals surface area contributed by atoms with Crippen molar-refractivity contribution in [2.45, 2.75) is 271 Å². The van der Waals surface area contributed by atoms with Crippen LogP contribution in [-0.2, 0) is 101 Å². The summed E-state index contributed by atoms with van der Waals surface area (Å²) in [5.74, 6) is -11.8. The van der Waals surface area contributed by atoms with E-state index in [0.717, 1.165) is 13.0 Å². The SMILES string of the molecule is NCCCC[C@H](NC(=O)[C@@H]1CCCN1C(=O)CNC(=O)[C@@H]1CCCN1C(=O)[C@@H]1CCCN1)C(=O)NCC(=O)N1CCC[C@H]1C(=O)N1CCC[C@H]1C(=O)NCC(=O)N1CCC[C@H]1C(=O)N1CCC[C@H]1C(=O)NCC(=O)N1CCC[C@H]1C(=O)N1CCC[C@H]1C(=O)NCC(=O)N1CCC[C@H]1C(=O)N1CCC[C@H]1C(=O)NCC(=O)N1CCC[C@H]1C(=O)N1CCC[C@H]1C(=O)NCC(=O)O. The number of nitrogens with two attached hydrogens (primary N) is 1. The highest BCUT2D eigenvalue weighted by atomic mass is 16.4. The van der Waals surface area contributed by atoms with Gasteiger partial charge in [-0.1, -0.05) is 0 Å². The third-order valence-corrected chi connectivity index (χ3v) is 28.0. The molecule has 0 aromatic carbocycles. The zero-order chi connectivity index (χ0) is 91.9. The van der Waals surface area contributed by atoms with Gasteiger partial charge in [0.05, 0.1) is 45.3 Å². The molecule has 129 heavy (non-hydrogen) atoms. The second-order valence-corrected chi connectivity index (χ2v) is 36.0. The third-order valence-electron chi connectivity index (χ3n) is 28.0. The number of hydrogen-bond donors (Lipinski definition) is 11. The molecule has 0 saturated carbocycles.